The summed E-state index contributed by atoms with van der Waals surface area (Å²) in [6.07, 6.45) is 3.65. The number of hydrogen-bond donors (Lipinski definition) is 2. The highest BCUT2D eigenvalue weighted by Gasteiger charge is 2.18. The monoisotopic (exact) mass is 395 g/mol. The normalized spacial score (nSPS) is 17.5. The molecule has 1 saturated heterocycles. The molecule has 1 atom stereocenters. The Bertz CT molecular complexity index is 764. The van der Waals surface area contributed by atoms with E-state index in [1.165, 1.54) is 5.56 Å². The second-order valence-electron chi connectivity index (χ2n) is 6.37. The van der Waals surface area contributed by atoms with E-state index in [-0.39, 0.29) is 30.7 Å². The van der Waals surface area contributed by atoms with Crippen molar-refractivity contribution in [3.05, 3.63) is 42.0 Å². The van der Waals surface area contributed by atoms with Crippen LogP contribution >= 0.6 is 24.8 Å². The highest BCUT2D eigenvalue weighted by molar-refractivity contribution is 5.90. The van der Waals surface area contributed by atoms with E-state index in [2.05, 4.69) is 21.7 Å². The Hall–Kier alpha value is -1.82. The standard InChI is InChI=1S/C19H21N3O2.2ClH/c23-19(12-15-3-2-9-20-15)22-18-5-1-4-16(21-18)13-6-7-17-14(11-13)8-10-24-17;;/h1,4-7,11,15,20H,2-3,8-10,12H2,(H,21,22,23);2*1H. The number of rotatable bonds is 4. The molecule has 2 aliphatic heterocycles. The fourth-order valence-electron chi connectivity index (χ4n) is 3.36. The lowest BCUT2D eigenvalue weighted by Crippen LogP contribution is -2.27. The Kier molecular flexibility index (Phi) is 7.26. The van der Waals surface area contributed by atoms with Gasteiger partial charge >= 0.3 is 0 Å². The molecule has 26 heavy (non-hydrogen) atoms. The molecule has 1 aromatic carbocycles. The molecule has 0 bridgehead atoms. The molecule has 0 saturated carbocycles. The maximum Gasteiger partial charge on any atom is 0.227 e. The molecule has 0 aliphatic carbocycles. The van der Waals surface area contributed by atoms with Gasteiger partial charge in [0.1, 0.15) is 11.6 Å². The summed E-state index contributed by atoms with van der Waals surface area (Å²) in [5, 5.41) is 6.26. The molecule has 140 valence electrons. The van der Waals surface area contributed by atoms with Crippen molar-refractivity contribution in [1.82, 2.24) is 10.3 Å². The third-order valence-corrected chi connectivity index (χ3v) is 4.60. The van der Waals surface area contributed by atoms with Gasteiger partial charge in [0.2, 0.25) is 5.91 Å². The van der Waals surface area contributed by atoms with Crippen LogP contribution < -0.4 is 15.4 Å². The van der Waals surface area contributed by atoms with E-state index in [1.807, 2.05) is 30.3 Å². The molecule has 2 aliphatic rings. The molecule has 1 unspecified atom stereocenters. The van der Waals surface area contributed by atoms with E-state index in [0.29, 0.717) is 18.3 Å². The number of ether oxygens (including phenoxy) is 1. The predicted octanol–water partition coefficient (Wildman–Crippen LogP) is 3.61. The van der Waals surface area contributed by atoms with Gasteiger partial charge in [-0.2, -0.15) is 0 Å². The SMILES string of the molecule is Cl.Cl.O=C(CC1CCCN1)Nc1cccc(-c2ccc3c(c2)CCO3)n1. The van der Waals surface area contributed by atoms with Crippen molar-refractivity contribution >= 4 is 36.5 Å². The van der Waals surface area contributed by atoms with Crippen molar-refractivity contribution in [2.24, 2.45) is 0 Å². The van der Waals surface area contributed by atoms with Gasteiger partial charge in [-0.05, 0) is 55.3 Å². The number of carbonyl (C=O) groups is 1. The molecule has 2 aromatic rings. The van der Waals surface area contributed by atoms with E-state index in [1.54, 1.807) is 0 Å². The average Bonchev–Trinajstić information content (AvgIpc) is 3.25. The predicted molar refractivity (Wildman–Crippen MR) is 108 cm³/mol. The summed E-state index contributed by atoms with van der Waals surface area (Å²) in [5.41, 5.74) is 3.13. The molecule has 7 heteroatoms. The first-order chi connectivity index (χ1) is 11.8. The molecule has 5 nitrogen and oxygen atoms in total. The van der Waals surface area contributed by atoms with E-state index < -0.39 is 0 Å². The van der Waals surface area contributed by atoms with Crippen molar-refractivity contribution in [3.63, 3.8) is 0 Å². The van der Waals surface area contributed by atoms with E-state index in [4.69, 9.17) is 4.74 Å². The van der Waals surface area contributed by atoms with Crippen LogP contribution in [-0.2, 0) is 11.2 Å². The second-order valence-corrected chi connectivity index (χ2v) is 6.37. The molecule has 3 heterocycles. The lowest BCUT2D eigenvalue weighted by molar-refractivity contribution is -0.116. The molecule has 1 amide bonds. The van der Waals surface area contributed by atoms with Crippen LogP contribution in [-0.4, -0.2) is 30.1 Å². The minimum atomic E-state index is 0. The van der Waals surface area contributed by atoms with Crippen LogP contribution in [0.25, 0.3) is 11.3 Å². The summed E-state index contributed by atoms with van der Waals surface area (Å²) in [5.74, 6) is 1.58. The number of nitrogens with zero attached hydrogens (tertiary/aromatic N) is 1. The maximum absolute atomic E-state index is 12.2. The van der Waals surface area contributed by atoms with Crippen molar-refractivity contribution in [3.8, 4) is 17.0 Å². The van der Waals surface area contributed by atoms with Crippen molar-refractivity contribution in [2.45, 2.75) is 31.7 Å². The average molecular weight is 396 g/mol. The number of aromatic nitrogens is 1. The summed E-state index contributed by atoms with van der Waals surface area (Å²) in [4.78, 5) is 16.8. The third kappa shape index (κ3) is 4.67. The fraction of sp³-hybridized carbons (Fsp3) is 0.368. The number of anilines is 1. The quantitative estimate of drug-likeness (QED) is 0.829. The highest BCUT2D eigenvalue weighted by atomic mass is 35.5. The van der Waals surface area contributed by atoms with Crippen LogP contribution in [0.5, 0.6) is 5.75 Å². The zero-order valence-electron chi connectivity index (χ0n) is 14.4. The largest absolute Gasteiger partial charge is 0.493 e. The Morgan fingerprint density at radius 2 is 2.15 bits per heavy atom. The minimum absolute atomic E-state index is 0. The maximum atomic E-state index is 12.2. The topological polar surface area (TPSA) is 63.2 Å². The molecule has 1 fully saturated rings. The molecule has 0 radical (unpaired) electrons. The summed E-state index contributed by atoms with van der Waals surface area (Å²) >= 11 is 0. The summed E-state index contributed by atoms with van der Waals surface area (Å²) < 4.78 is 5.55. The number of halogens is 2. The fourth-order valence-corrected chi connectivity index (χ4v) is 3.36. The van der Waals surface area contributed by atoms with Gasteiger partial charge in [-0.15, -0.1) is 24.8 Å². The number of amides is 1. The van der Waals surface area contributed by atoms with Crippen LogP contribution in [0.15, 0.2) is 36.4 Å². The molecule has 0 spiro atoms. The molecule has 2 N–H and O–H groups in total. The van der Waals surface area contributed by atoms with Gasteiger partial charge < -0.3 is 15.4 Å². The van der Waals surface area contributed by atoms with Crippen molar-refractivity contribution < 1.29 is 9.53 Å². The van der Waals surface area contributed by atoms with Crippen molar-refractivity contribution in [1.29, 1.82) is 0 Å². The highest BCUT2D eigenvalue weighted by Crippen LogP contribution is 2.30. The van der Waals surface area contributed by atoms with Gasteiger partial charge in [0.25, 0.3) is 0 Å². The van der Waals surface area contributed by atoms with Crippen LogP contribution in [0.3, 0.4) is 0 Å². The first kappa shape index (κ1) is 20.5. The summed E-state index contributed by atoms with van der Waals surface area (Å²) in [6.45, 7) is 1.76. The smallest absolute Gasteiger partial charge is 0.227 e. The van der Waals surface area contributed by atoms with Crippen LogP contribution in [0.1, 0.15) is 24.8 Å². The Morgan fingerprint density at radius 3 is 2.96 bits per heavy atom. The summed E-state index contributed by atoms with van der Waals surface area (Å²) in [6, 6.07) is 12.2. The number of nitrogens with one attached hydrogen (secondary N) is 2. The van der Waals surface area contributed by atoms with E-state index >= 15 is 0 Å². The van der Waals surface area contributed by atoms with Crippen molar-refractivity contribution in [2.75, 3.05) is 18.5 Å². The zero-order valence-corrected chi connectivity index (χ0v) is 16.0. The first-order valence-electron chi connectivity index (χ1n) is 8.54. The molecular weight excluding hydrogens is 373 g/mol. The van der Waals surface area contributed by atoms with Gasteiger partial charge in [-0.25, -0.2) is 4.98 Å². The lowest BCUT2D eigenvalue weighted by Gasteiger charge is -2.11. The number of carbonyl (C=O) groups excluding carboxylic acids is 1. The number of pyridine rings is 1. The van der Waals surface area contributed by atoms with Gasteiger partial charge in [-0.1, -0.05) is 6.07 Å². The van der Waals surface area contributed by atoms with E-state index in [9.17, 15) is 4.79 Å². The molecule has 4 rings (SSSR count). The zero-order chi connectivity index (χ0) is 16.4. The van der Waals surface area contributed by atoms with Gasteiger partial charge in [0.15, 0.2) is 0 Å². The Balaban J connectivity index is 0.00000121. The third-order valence-electron chi connectivity index (χ3n) is 4.60. The van der Waals surface area contributed by atoms with Gasteiger partial charge in [0, 0.05) is 24.4 Å². The van der Waals surface area contributed by atoms with E-state index in [0.717, 1.165) is 49.4 Å². The number of benzene rings is 1. The van der Waals surface area contributed by atoms with Crippen LogP contribution in [0.4, 0.5) is 5.82 Å². The molecular formula is C19H23Cl2N3O2. The first-order valence-corrected chi connectivity index (χ1v) is 8.54. The second kappa shape index (κ2) is 9.21. The van der Waals surface area contributed by atoms with Gasteiger partial charge in [0.05, 0.1) is 12.3 Å². The van der Waals surface area contributed by atoms with Gasteiger partial charge in [-0.3, -0.25) is 4.79 Å². The number of hydrogen-bond acceptors (Lipinski definition) is 4. The minimum Gasteiger partial charge on any atom is -0.493 e. The number of fused-ring (bicyclic) bond motifs is 1. The Morgan fingerprint density at radius 1 is 1.27 bits per heavy atom. The van der Waals surface area contributed by atoms with Crippen LogP contribution in [0, 0.1) is 0 Å². The Labute approximate surface area is 165 Å². The lowest BCUT2D eigenvalue weighted by atomic mass is 10.1. The summed E-state index contributed by atoms with van der Waals surface area (Å²) in [7, 11) is 0. The molecule has 1 aromatic heterocycles. The van der Waals surface area contributed by atoms with Crippen LogP contribution in [0.2, 0.25) is 0 Å².